The Labute approximate surface area is 150 Å². The molecule has 4 nitrogen and oxygen atoms in total. The van der Waals surface area contributed by atoms with Crippen molar-refractivity contribution in [1.82, 2.24) is 14.9 Å². The fourth-order valence-electron chi connectivity index (χ4n) is 4.71. The lowest BCUT2D eigenvalue weighted by molar-refractivity contribution is 0.0842. The van der Waals surface area contributed by atoms with E-state index in [1.165, 1.54) is 24.8 Å². The van der Waals surface area contributed by atoms with Crippen LogP contribution in [0.3, 0.4) is 0 Å². The number of nitrogens with zero attached hydrogens (tertiary/aromatic N) is 2. The SMILES string of the molecule is C[C@@H]1C[C@@H](N[C@H]2CCO[C@@H]2c2nccn2C)C[C@H](c2ccccc2)C1. The predicted molar refractivity (Wildman–Crippen MR) is 99.4 cm³/mol. The third kappa shape index (κ3) is 3.65. The molecule has 134 valence electrons. The van der Waals surface area contributed by atoms with Crippen LogP contribution in [-0.4, -0.2) is 28.2 Å². The van der Waals surface area contributed by atoms with E-state index < -0.39 is 0 Å². The summed E-state index contributed by atoms with van der Waals surface area (Å²) in [6.07, 6.45) is 8.78. The van der Waals surface area contributed by atoms with E-state index in [0.29, 0.717) is 18.0 Å². The maximum atomic E-state index is 6.02. The first-order chi connectivity index (χ1) is 12.2. The Morgan fingerprint density at radius 3 is 2.76 bits per heavy atom. The Balaban J connectivity index is 1.45. The van der Waals surface area contributed by atoms with Crippen molar-refractivity contribution in [3.8, 4) is 0 Å². The minimum Gasteiger partial charge on any atom is -0.369 e. The number of imidazole rings is 1. The van der Waals surface area contributed by atoms with E-state index in [0.717, 1.165) is 24.8 Å². The van der Waals surface area contributed by atoms with Crippen molar-refractivity contribution in [2.24, 2.45) is 13.0 Å². The monoisotopic (exact) mass is 339 g/mol. The number of hydrogen-bond acceptors (Lipinski definition) is 3. The summed E-state index contributed by atoms with van der Waals surface area (Å²) in [6.45, 7) is 3.21. The zero-order valence-electron chi connectivity index (χ0n) is 15.3. The molecule has 1 saturated heterocycles. The minimum atomic E-state index is 0.0763. The summed E-state index contributed by atoms with van der Waals surface area (Å²) >= 11 is 0. The highest BCUT2D eigenvalue weighted by Gasteiger charge is 2.36. The maximum Gasteiger partial charge on any atom is 0.139 e. The lowest BCUT2D eigenvalue weighted by atomic mass is 9.76. The smallest absolute Gasteiger partial charge is 0.139 e. The van der Waals surface area contributed by atoms with Gasteiger partial charge in [0, 0.05) is 38.1 Å². The average Bonchev–Trinajstić information content (AvgIpc) is 3.23. The molecule has 2 aliphatic rings. The first-order valence-electron chi connectivity index (χ1n) is 9.60. The van der Waals surface area contributed by atoms with E-state index in [4.69, 9.17) is 4.74 Å². The van der Waals surface area contributed by atoms with Crippen LogP contribution in [0.1, 0.15) is 56.0 Å². The average molecular weight is 339 g/mol. The molecule has 0 bridgehead atoms. The Hall–Kier alpha value is -1.65. The van der Waals surface area contributed by atoms with Crippen LogP contribution in [0.5, 0.6) is 0 Å². The van der Waals surface area contributed by atoms with Crippen LogP contribution < -0.4 is 5.32 Å². The van der Waals surface area contributed by atoms with Gasteiger partial charge in [0.2, 0.25) is 0 Å². The molecule has 4 rings (SSSR count). The van der Waals surface area contributed by atoms with Gasteiger partial charge in [-0.1, -0.05) is 37.3 Å². The Morgan fingerprint density at radius 1 is 1.16 bits per heavy atom. The molecule has 0 amide bonds. The molecule has 25 heavy (non-hydrogen) atoms. The van der Waals surface area contributed by atoms with E-state index in [-0.39, 0.29) is 6.10 Å². The first-order valence-corrected chi connectivity index (χ1v) is 9.60. The topological polar surface area (TPSA) is 39.1 Å². The number of nitrogens with one attached hydrogen (secondary N) is 1. The maximum absolute atomic E-state index is 6.02. The highest BCUT2D eigenvalue weighted by atomic mass is 16.5. The third-order valence-corrected chi connectivity index (χ3v) is 5.87. The third-order valence-electron chi connectivity index (χ3n) is 5.87. The largest absolute Gasteiger partial charge is 0.369 e. The van der Waals surface area contributed by atoms with Crippen molar-refractivity contribution in [3.63, 3.8) is 0 Å². The van der Waals surface area contributed by atoms with Gasteiger partial charge >= 0.3 is 0 Å². The van der Waals surface area contributed by atoms with Gasteiger partial charge in [0.1, 0.15) is 11.9 Å². The van der Waals surface area contributed by atoms with Gasteiger partial charge in [-0.25, -0.2) is 4.98 Å². The fraction of sp³-hybridized carbons (Fsp3) is 0.571. The molecule has 1 aromatic heterocycles. The van der Waals surface area contributed by atoms with Gasteiger partial charge in [-0.2, -0.15) is 0 Å². The summed E-state index contributed by atoms with van der Waals surface area (Å²) in [7, 11) is 2.05. The molecular formula is C21H29N3O. The molecule has 1 aliphatic heterocycles. The molecule has 2 heterocycles. The van der Waals surface area contributed by atoms with Crippen LogP contribution in [-0.2, 0) is 11.8 Å². The molecular weight excluding hydrogens is 310 g/mol. The predicted octanol–water partition coefficient (Wildman–Crippen LogP) is 3.81. The lowest BCUT2D eigenvalue weighted by Crippen LogP contribution is -2.44. The van der Waals surface area contributed by atoms with Gasteiger partial charge in [0.15, 0.2) is 0 Å². The number of ether oxygens (including phenoxy) is 1. The van der Waals surface area contributed by atoms with Crippen molar-refractivity contribution in [1.29, 1.82) is 0 Å². The first kappa shape index (κ1) is 16.8. The van der Waals surface area contributed by atoms with Crippen molar-refractivity contribution < 1.29 is 4.74 Å². The van der Waals surface area contributed by atoms with E-state index in [9.17, 15) is 0 Å². The molecule has 4 heteroatoms. The van der Waals surface area contributed by atoms with Crippen LogP contribution in [0.25, 0.3) is 0 Å². The quantitative estimate of drug-likeness (QED) is 0.920. The Morgan fingerprint density at radius 2 is 2.00 bits per heavy atom. The highest BCUT2D eigenvalue weighted by molar-refractivity contribution is 5.20. The molecule has 2 aromatic rings. The van der Waals surface area contributed by atoms with Gasteiger partial charge < -0.3 is 14.6 Å². The van der Waals surface area contributed by atoms with Gasteiger partial charge in [0.05, 0.1) is 0 Å². The molecule has 1 N–H and O–H groups in total. The summed E-state index contributed by atoms with van der Waals surface area (Å²) in [6, 6.07) is 11.9. The summed E-state index contributed by atoms with van der Waals surface area (Å²) in [5, 5.41) is 3.94. The van der Waals surface area contributed by atoms with Crippen molar-refractivity contribution in [2.45, 2.75) is 56.7 Å². The Kier molecular flexibility index (Phi) is 4.91. The molecule has 0 unspecified atom stereocenters. The van der Waals surface area contributed by atoms with Gasteiger partial charge in [-0.05, 0) is 43.1 Å². The molecule has 5 atom stereocenters. The van der Waals surface area contributed by atoms with Crippen LogP contribution >= 0.6 is 0 Å². The van der Waals surface area contributed by atoms with E-state index in [1.807, 2.05) is 12.4 Å². The Bertz CT molecular complexity index is 683. The standard InChI is InChI=1S/C21H29N3O/c1-15-12-17(16-6-4-3-5-7-16)14-18(13-15)23-19-8-11-25-20(19)21-22-9-10-24(21)2/h3-7,9-10,15,17-20,23H,8,11-14H2,1-2H3/t15-,17+,18+,19-,20-/m0/s1. The van der Waals surface area contributed by atoms with Crippen LogP contribution in [0.15, 0.2) is 42.7 Å². The zero-order valence-corrected chi connectivity index (χ0v) is 15.3. The highest BCUT2D eigenvalue weighted by Crippen LogP contribution is 2.37. The van der Waals surface area contributed by atoms with Gasteiger partial charge in [-0.3, -0.25) is 0 Å². The normalized spacial score (nSPS) is 32.8. The molecule has 0 spiro atoms. The van der Waals surface area contributed by atoms with Crippen molar-refractivity contribution in [3.05, 3.63) is 54.1 Å². The molecule has 1 aromatic carbocycles. The molecule has 2 fully saturated rings. The lowest BCUT2D eigenvalue weighted by Gasteiger charge is -2.36. The minimum absolute atomic E-state index is 0.0763. The van der Waals surface area contributed by atoms with Crippen LogP contribution in [0.4, 0.5) is 0 Å². The molecule has 0 radical (unpaired) electrons. The number of benzene rings is 1. The second-order valence-corrected chi connectivity index (χ2v) is 7.87. The van der Waals surface area contributed by atoms with Gasteiger partial charge in [0.25, 0.3) is 0 Å². The summed E-state index contributed by atoms with van der Waals surface area (Å²) in [5.74, 6) is 2.46. The van der Waals surface area contributed by atoms with Crippen molar-refractivity contribution >= 4 is 0 Å². The number of aryl methyl sites for hydroxylation is 1. The number of rotatable bonds is 4. The fourth-order valence-corrected chi connectivity index (χ4v) is 4.71. The van der Waals surface area contributed by atoms with Crippen molar-refractivity contribution in [2.75, 3.05) is 6.61 Å². The number of aromatic nitrogens is 2. The molecule has 1 saturated carbocycles. The van der Waals surface area contributed by atoms with E-state index >= 15 is 0 Å². The number of hydrogen-bond donors (Lipinski definition) is 1. The van der Waals surface area contributed by atoms with Crippen LogP contribution in [0.2, 0.25) is 0 Å². The summed E-state index contributed by atoms with van der Waals surface area (Å²) < 4.78 is 8.11. The molecule has 1 aliphatic carbocycles. The van der Waals surface area contributed by atoms with E-state index in [1.54, 1.807) is 0 Å². The zero-order chi connectivity index (χ0) is 17.2. The van der Waals surface area contributed by atoms with Gasteiger partial charge in [-0.15, -0.1) is 0 Å². The second-order valence-electron chi connectivity index (χ2n) is 7.87. The summed E-state index contributed by atoms with van der Waals surface area (Å²) in [5.41, 5.74) is 1.49. The summed E-state index contributed by atoms with van der Waals surface area (Å²) in [4.78, 5) is 4.52. The second kappa shape index (κ2) is 7.30. The van der Waals surface area contributed by atoms with Crippen LogP contribution in [0, 0.1) is 5.92 Å². The van der Waals surface area contributed by atoms with E-state index in [2.05, 4.69) is 59.2 Å².